The highest BCUT2D eigenvalue weighted by molar-refractivity contribution is 6.44. The van der Waals surface area contributed by atoms with Gasteiger partial charge in [0.05, 0.1) is 21.8 Å². The summed E-state index contributed by atoms with van der Waals surface area (Å²) in [5, 5.41) is 7.19. The van der Waals surface area contributed by atoms with Crippen molar-refractivity contribution in [2.75, 3.05) is 23.7 Å². The lowest BCUT2D eigenvalue weighted by molar-refractivity contribution is -0.120. The molecule has 2 aromatic carbocycles. The van der Waals surface area contributed by atoms with Crippen molar-refractivity contribution in [3.8, 4) is 0 Å². The molecule has 1 saturated heterocycles. The summed E-state index contributed by atoms with van der Waals surface area (Å²) >= 11 is 12.1. The van der Waals surface area contributed by atoms with Crippen LogP contribution in [0.5, 0.6) is 0 Å². The van der Waals surface area contributed by atoms with Crippen LogP contribution in [0, 0.1) is 0 Å². The molecule has 1 aliphatic rings. The number of nitrogens with one attached hydrogen (secondary N) is 2. The maximum Gasteiger partial charge on any atom is 0.241 e. The Hall–Kier alpha value is -1.75. The van der Waals surface area contributed by atoms with Gasteiger partial charge in [-0.1, -0.05) is 47.5 Å². The summed E-state index contributed by atoms with van der Waals surface area (Å²) < 4.78 is 0. The number of para-hydroxylation sites is 1. The second kappa shape index (κ2) is 8.09. The molecule has 2 aromatic rings. The second-order valence-electron chi connectivity index (χ2n) is 6.26. The van der Waals surface area contributed by atoms with Gasteiger partial charge in [0.1, 0.15) is 0 Å². The van der Waals surface area contributed by atoms with E-state index in [1.165, 1.54) is 0 Å². The van der Waals surface area contributed by atoms with Crippen LogP contribution < -0.4 is 10.6 Å². The molecule has 3 rings (SSSR count). The highest BCUT2D eigenvalue weighted by atomic mass is 35.5. The topological polar surface area (TPSA) is 44.4 Å². The number of hydrogen-bond donors (Lipinski definition) is 2. The van der Waals surface area contributed by atoms with E-state index in [-0.39, 0.29) is 11.9 Å². The molecule has 1 heterocycles. The first-order valence-corrected chi connectivity index (χ1v) is 9.10. The van der Waals surface area contributed by atoms with Crippen LogP contribution in [0.1, 0.15) is 13.3 Å². The lowest BCUT2D eigenvalue weighted by Crippen LogP contribution is -2.41. The summed E-state index contributed by atoms with van der Waals surface area (Å²) in [6.45, 7) is 3.62. The van der Waals surface area contributed by atoms with Gasteiger partial charge in [-0.15, -0.1) is 0 Å². The Kier molecular flexibility index (Phi) is 5.84. The van der Waals surface area contributed by atoms with Crippen LogP contribution in [0.15, 0.2) is 48.5 Å². The van der Waals surface area contributed by atoms with Crippen molar-refractivity contribution in [2.45, 2.75) is 25.4 Å². The van der Waals surface area contributed by atoms with E-state index in [9.17, 15) is 4.79 Å². The molecular formula is C19H21Cl2N3O. The van der Waals surface area contributed by atoms with Gasteiger partial charge in [-0.25, -0.2) is 0 Å². The number of carbonyl (C=O) groups is 1. The molecule has 0 aromatic heterocycles. The third kappa shape index (κ3) is 4.46. The van der Waals surface area contributed by atoms with Gasteiger partial charge < -0.3 is 10.6 Å². The summed E-state index contributed by atoms with van der Waals surface area (Å²) in [4.78, 5) is 14.7. The normalized spacial score (nSPS) is 18.8. The van der Waals surface area contributed by atoms with Crippen molar-refractivity contribution in [3.05, 3.63) is 58.6 Å². The van der Waals surface area contributed by atoms with E-state index < -0.39 is 0 Å². The van der Waals surface area contributed by atoms with Crippen LogP contribution in [-0.4, -0.2) is 36.0 Å². The van der Waals surface area contributed by atoms with Gasteiger partial charge in [0.2, 0.25) is 5.91 Å². The number of carbonyl (C=O) groups excluding carboxylic acids is 1. The van der Waals surface area contributed by atoms with E-state index >= 15 is 0 Å². The zero-order valence-electron chi connectivity index (χ0n) is 14.0. The lowest BCUT2D eigenvalue weighted by Gasteiger charge is -2.24. The van der Waals surface area contributed by atoms with E-state index in [0.29, 0.717) is 21.8 Å². The number of rotatable bonds is 5. The number of anilines is 2. The van der Waals surface area contributed by atoms with E-state index in [2.05, 4.69) is 27.7 Å². The summed E-state index contributed by atoms with van der Waals surface area (Å²) in [5.74, 6) is -0.0791. The first-order chi connectivity index (χ1) is 12.0. The summed E-state index contributed by atoms with van der Waals surface area (Å²) in [6.07, 6.45) is 1.00. The smallest absolute Gasteiger partial charge is 0.241 e. The monoisotopic (exact) mass is 377 g/mol. The number of amides is 1. The fourth-order valence-electron chi connectivity index (χ4n) is 3.03. The van der Waals surface area contributed by atoms with Gasteiger partial charge in [-0.05, 0) is 37.6 Å². The molecule has 0 aliphatic carbocycles. The van der Waals surface area contributed by atoms with Gasteiger partial charge in [-0.3, -0.25) is 9.69 Å². The molecule has 2 unspecified atom stereocenters. The number of benzene rings is 2. The molecule has 0 spiro atoms. The van der Waals surface area contributed by atoms with Crippen molar-refractivity contribution in [1.82, 2.24) is 4.90 Å². The molecule has 4 nitrogen and oxygen atoms in total. The van der Waals surface area contributed by atoms with Crippen LogP contribution in [0.4, 0.5) is 11.4 Å². The van der Waals surface area contributed by atoms with Crippen LogP contribution >= 0.6 is 23.2 Å². The molecule has 1 aliphatic heterocycles. The number of hydrogen-bond acceptors (Lipinski definition) is 3. The van der Waals surface area contributed by atoms with Gasteiger partial charge in [-0.2, -0.15) is 0 Å². The van der Waals surface area contributed by atoms with Gasteiger partial charge in [0, 0.05) is 24.8 Å². The first kappa shape index (κ1) is 18.1. The average molecular weight is 378 g/mol. The molecule has 0 bridgehead atoms. The maximum absolute atomic E-state index is 12.6. The molecule has 0 radical (unpaired) electrons. The fourth-order valence-corrected chi connectivity index (χ4v) is 3.38. The molecule has 6 heteroatoms. The Bertz CT molecular complexity index is 739. The van der Waals surface area contributed by atoms with Crippen molar-refractivity contribution in [1.29, 1.82) is 0 Å². The van der Waals surface area contributed by atoms with Gasteiger partial charge in [0.15, 0.2) is 0 Å². The molecule has 2 atom stereocenters. The molecule has 1 amide bonds. The van der Waals surface area contributed by atoms with Crippen LogP contribution in [0.25, 0.3) is 0 Å². The highest BCUT2D eigenvalue weighted by Crippen LogP contribution is 2.30. The minimum atomic E-state index is -0.238. The molecule has 132 valence electrons. The SMILES string of the molecule is CC(C(=O)Nc1cccc(Cl)c1Cl)N1CCC(Nc2ccccc2)C1. The number of nitrogens with zero attached hydrogens (tertiary/aromatic N) is 1. The predicted molar refractivity (Wildman–Crippen MR) is 105 cm³/mol. The zero-order chi connectivity index (χ0) is 17.8. The Morgan fingerprint density at radius 3 is 2.68 bits per heavy atom. The average Bonchev–Trinajstić information content (AvgIpc) is 3.07. The largest absolute Gasteiger partial charge is 0.381 e. The Morgan fingerprint density at radius 1 is 1.16 bits per heavy atom. The zero-order valence-corrected chi connectivity index (χ0v) is 15.5. The standard InChI is InChI=1S/C19H21Cl2N3O/c1-13(19(25)23-17-9-5-8-16(20)18(17)21)24-11-10-15(12-24)22-14-6-3-2-4-7-14/h2-9,13,15,22H,10-12H2,1H3,(H,23,25). The van der Waals surface area contributed by atoms with Gasteiger partial charge >= 0.3 is 0 Å². The minimum absolute atomic E-state index is 0.0791. The maximum atomic E-state index is 12.6. The quantitative estimate of drug-likeness (QED) is 0.805. The number of halogens is 2. The van der Waals surface area contributed by atoms with E-state index in [0.717, 1.165) is 25.2 Å². The summed E-state index contributed by atoms with van der Waals surface area (Å²) in [6, 6.07) is 15.5. The Balaban J connectivity index is 1.57. The molecule has 2 N–H and O–H groups in total. The predicted octanol–water partition coefficient (Wildman–Crippen LogP) is 4.51. The fraction of sp³-hybridized carbons (Fsp3) is 0.316. The minimum Gasteiger partial charge on any atom is -0.381 e. The molecule has 1 fully saturated rings. The van der Waals surface area contributed by atoms with Gasteiger partial charge in [0.25, 0.3) is 0 Å². The van der Waals surface area contributed by atoms with Crippen molar-refractivity contribution in [3.63, 3.8) is 0 Å². The summed E-state index contributed by atoms with van der Waals surface area (Å²) in [7, 11) is 0. The first-order valence-electron chi connectivity index (χ1n) is 8.35. The highest BCUT2D eigenvalue weighted by Gasteiger charge is 2.29. The van der Waals surface area contributed by atoms with Crippen LogP contribution in [0.3, 0.4) is 0 Å². The van der Waals surface area contributed by atoms with Crippen LogP contribution in [-0.2, 0) is 4.79 Å². The summed E-state index contributed by atoms with van der Waals surface area (Å²) in [5.41, 5.74) is 1.65. The Labute approximate surface area is 158 Å². The lowest BCUT2D eigenvalue weighted by atomic mass is 10.2. The van der Waals surface area contributed by atoms with Crippen molar-refractivity contribution in [2.24, 2.45) is 0 Å². The van der Waals surface area contributed by atoms with E-state index in [1.807, 2.05) is 25.1 Å². The number of likely N-dealkylation sites (tertiary alicyclic amines) is 1. The van der Waals surface area contributed by atoms with E-state index in [4.69, 9.17) is 23.2 Å². The van der Waals surface area contributed by atoms with Crippen molar-refractivity contribution >= 4 is 40.5 Å². The third-order valence-corrected chi connectivity index (χ3v) is 5.32. The molecular weight excluding hydrogens is 357 g/mol. The molecule has 0 saturated carbocycles. The molecule has 25 heavy (non-hydrogen) atoms. The van der Waals surface area contributed by atoms with Crippen molar-refractivity contribution < 1.29 is 4.79 Å². The van der Waals surface area contributed by atoms with E-state index in [1.54, 1.807) is 18.2 Å². The van der Waals surface area contributed by atoms with Crippen LogP contribution in [0.2, 0.25) is 10.0 Å². The third-order valence-electron chi connectivity index (χ3n) is 4.50. The second-order valence-corrected chi connectivity index (χ2v) is 7.04. The Morgan fingerprint density at radius 2 is 1.92 bits per heavy atom.